The topological polar surface area (TPSA) is 64.7 Å². The number of aromatic nitrogens is 4. The maximum atomic E-state index is 12.3. The molecule has 1 aliphatic rings. The summed E-state index contributed by atoms with van der Waals surface area (Å²) in [7, 11) is 1.85. The quantitative estimate of drug-likeness (QED) is 0.907. The van der Waals surface area contributed by atoms with E-state index in [1.165, 1.54) is 12.8 Å². The third kappa shape index (κ3) is 2.70. The maximum absolute atomic E-state index is 12.3. The molecule has 1 fully saturated rings. The number of nitrogens with zero attached hydrogens (tertiary/aromatic N) is 4. The maximum Gasteiger partial charge on any atom is 0.255 e. The van der Waals surface area contributed by atoms with Gasteiger partial charge in [0, 0.05) is 44.1 Å². The van der Waals surface area contributed by atoms with Crippen molar-refractivity contribution in [2.45, 2.75) is 39.2 Å². The molecule has 112 valence electrons. The molecule has 0 bridgehead atoms. The second kappa shape index (κ2) is 5.35. The molecule has 3 rings (SSSR count). The molecular formula is C15H21N5O. The van der Waals surface area contributed by atoms with Crippen molar-refractivity contribution in [1.82, 2.24) is 24.6 Å². The molecule has 1 amide bonds. The Kier molecular flexibility index (Phi) is 3.53. The van der Waals surface area contributed by atoms with E-state index >= 15 is 0 Å². The number of aryl methyl sites for hydroxylation is 2. The molecule has 21 heavy (non-hydrogen) atoms. The van der Waals surface area contributed by atoms with E-state index in [9.17, 15) is 4.79 Å². The Bertz CT molecular complexity index is 666. The van der Waals surface area contributed by atoms with Crippen molar-refractivity contribution >= 4 is 5.91 Å². The van der Waals surface area contributed by atoms with E-state index in [2.05, 4.69) is 20.0 Å². The summed E-state index contributed by atoms with van der Waals surface area (Å²) in [5, 5.41) is 7.25. The Morgan fingerprint density at radius 2 is 2.19 bits per heavy atom. The summed E-state index contributed by atoms with van der Waals surface area (Å²) in [6, 6.07) is 0. The summed E-state index contributed by atoms with van der Waals surface area (Å²) < 4.78 is 3.88. The summed E-state index contributed by atoms with van der Waals surface area (Å²) in [5.74, 6) is 1.72. The minimum absolute atomic E-state index is 0.0498. The predicted molar refractivity (Wildman–Crippen MR) is 79.2 cm³/mol. The lowest BCUT2D eigenvalue weighted by Crippen LogP contribution is -2.28. The van der Waals surface area contributed by atoms with E-state index in [0.29, 0.717) is 18.0 Å². The third-order valence-corrected chi connectivity index (χ3v) is 4.06. The van der Waals surface area contributed by atoms with Crippen LogP contribution in [0.4, 0.5) is 0 Å². The first kappa shape index (κ1) is 13.9. The Morgan fingerprint density at radius 3 is 2.81 bits per heavy atom. The van der Waals surface area contributed by atoms with Crippen LogP contribution in [0.15, 0.2) is 12.4 Å². The summed E-state index contributed by atoms with van der Waals surface area (Å²) in [4.78, 5) is 16.7. The number of hydrogen-bond acceptors (Lipinski definition) is 3. The van der Waals surface area contributed by atoms with Gasteiger partial charge in [0.05, 0.1) is 11.3 Å². The number of imidazole rings is 1. The standard InChI is InChI=1S/C15H21N5O/c1-10-13(11(2)19(3)18-10)15(21)17-7-9-20-8-6-16-14(20)12-4-5-12/h6,8,12H,4-5,7,9H2,1-3H3,(H,17,21). The van der Waals surface area contributed by atoms with Gasteiger partial charge in [0.2, 0.25) is 0 Å². The Hall–Kier alpha value is -2.11. The van der Waals surface area contributed by atoms with Crippen LogP contribution in [0.5, 0.6) is 0 Å². The van der Waals surface area contributed by atoms with Gasteiger partial charge in [-0.3, -0.25) is 9.48 Å². The predicted octanol–water partition coefficient (Wildman–Crippen LogP) is 1.54. The fourth-order valence-electron chi connectivity index (χ4n) is 2.69. The molecule has 1 aliphatic carbocycles. The summed E-state index contributed by atoms with van der Waals surface area (Å²) in [6.45, 7) is 5.14. The smallest absolute Gasteiger partial charge is 0.255 e. The number of hydrogen-bond donors (Lipinski definition) is 1. The van der Waals surface area contributed by atoms with E-state index in [1.807, 2.05) is 33.3 Å². The van der Waals surface area contributed by atoms with Gasteiger partial charge in [0.25, 0.3) is 5.91 Å². The first-order valence-electron chi connectivity index (χ1n) is 7.37. The van der Waals surface area contributed by atoms with Crippen molar-refractivity contribution in [3.8, 4) is 0 Å². The molecule has 0 radical (unpaired) electrons. The molecule has 0 atom stereocenters. The van der Waals surface area contributed by atoms with Crippen LogP contribution in [-0.4, -0.2) is 31.8 Å². The fraction of sp³-hybridized carbons (Fsp3) is 0.533. The zero-order chi connectivity index (χ0) is 15.0. The highest BCUT2D eigenvalue weighted by atomic mass is 16.1. The highest BCUT2D eigenvalue weighted by molar-refractivity contribution is 5.96. The lowest BCUT2D eigenvalue weighted by atomic mass is 10.2. The minimum atomic E-state index is -0.0498. The number of amides is 1. The summed E-state index contributed by atoms with van der Waals surface area (Å²) in [5.41, 5.74) is 2.35. The summed E-state index contributed by atoms with van der Waals surface area (Å²) in [6.07, 6.45) is 6.29. The molecule has 6 nitrogen and oxygen atoms in total. The molecule has 0 unspecified atom stereocenters. The lowest BCUT2D eigenvalue weighted by Gasteiger charge is -2.09. The van der Waals surface area contributed by atoms with Crippen LogP contribution in [0, 0.1) is 13.8 Å². The van der Waals surface area contributed by atoms with Crippen molar-refractivity contribution in [2.75, 3.05) is 6.54 Å². The van der Waals surface area contributed by atoms with E-state index in [1.54, 1.807) is 4.68 Å². The van der Waals surface area contributed by atoms with Gasteiger partial charge in [-0.05, 0) is 26.7 Å². The van der Waals surface area contributed by atoms with Crippen LogP contribution in [0.25, 0.3) is 0 Å². The van der Waals surface area contributed by atoms with Crippen molar-refractivity contribution < 1.29 is 4.79 Å². The largest absolute Gasteiger partial charge is 0.350 e. The third-order valence-electron chi connectivity index (χ3n) is 4.06. The van der Waals surface area contributed by atoms with Crippen LogP contribution in [0.3, 0.4) is 0 Å². The van der Waals surface area contributed by atoms with Crippen molar-refractivity contribution in [2.24, 2.45) is 7.05 Å². The fourth-order valence-corrected chi connectivity index (χ4v) is 2.69. The number of nitrogens with one attached hydrogen (secondary N) is 1. The molecule has 0 aliphatic heterocycles. The van der Waals surface area contributed by atoms with Crippen LogP contribution >= 0.6 is 0 Å². The minimum Gasteiger partial charge on any atom is -0.350 e. The molecule has 6 heteroatoms. The Balaban J connectivity index is 1.60. The van der Waals surface area contributed by atoms with Gasteiger partial charge in [-0.15, -0.1) is 0 Å². The second-order valence-corrected chi connectivity index (χ2v) is 5.68. The van der Waals surface area contributed by atoms with Crippen LogP contribution in [-0.2, 0) is 13.6 Å². The molecule has 0 spiro atoms. The van der Waals surface area contributed by atoms with Crippen LogP contribution < -0.4 is 5.32 Å². The normalized spacial score (nSPS) is 14.4. The molecular weight excluding hydrogens is 266 g/mol. The lowest BCUT2D eigenvalue weighted by molar-refractivity contribution is 0.0951. The molecule has 0 saturated heterocycles. The summed E-state index contributed by atoms with van der Waals surface area (Å²) >= 11 is 0. The second-order valence-electron chi connectivity index (χ2n) is 5.68. The average Bonchev–Trinajstić information content (AvgIpc) is 3.12. The van der Waals surface area contributed by atoms with Gasteiger partial charge in [0.15, 0.2) is 0 Å². The van der Waals surface area contributed by atoms with Crippen LogP contribution in [0.2, 0.25) is 0 Å². The molecule has 2 aromatic heterocycles. The van der Waals surface area contributed by atoms with Gasteiger partial charge >= 0.3 is 0 Å². The molecule has 1 N–H and O–H groups in total. The molecule has 0 aromatic carbocycles. The van der Waals surface area contributed by atoms with Crippen molar-refractivity contribution in [1.29, 1.82) is 0 Å². The number of carbonyl (C=O) groups is 1. The number of rotatable bonds is 5. The van der Waals surface area contributed by atoms with Gasteiger partial charge < -0.3 is 9.88 Å². The molecule has 2 aromatic rings. The Morgan fingerprint density at radius 1 is 1.43 bits per heavy atom. The SMILES string of the molecule is Cc1nn(C)c(C)c1C(=O)NCCn1ccnc1C1CC1. The number of carbonyl (C=O) groups excluding carboxylic acids is 1. The molecule has 1 saturated carbocycles. The first-order chi connectivity index (χ1) is 10.1. The first-order valence-corrected chi connectivity index (χ1v) is 7.37. The van der Waals surface area contributed by atoms with E-state index < -0.39 is 0 Å². The highest BCUT2D eigenvalue weighted by Gasteiger charge is 2.27. The van der Waals surface area contributed by atoms with Crippen LogP contribution in [0.1, 0.15) is 46.3 Å². The van der Waals surface area contributed by atoms with E-state index in [0.717, 1.165) is 23.8 Å². The van der Waals surface area contributed by atoms with Crippen molar-refractivity contribution in [3.63, 3.8) is 0 Å². The molecule has 2 heterocycles. The van der Waals surface area contributed by atoms with Gasteiger partial charge in [0.1, 0.15) is 5.82 Å². The zero-order valence-corrected chi connectivity index (χ0v) is 12.8. The zero-order valence-electron chi connectivity index (χ0n) is 12.8. The Labute approximate surface area is 124 Å². The van der Waals surface area contributed by atoms with Gasteiger partial charge in [-0.2, -0.15) is 5.10 Å². The van der Waals surface area contributed by atoms with Gasteiger partial charge in [-0.1, -0.05) is 0 Å². The van der Waals surface area contributed by atoms with E-state index in [-0.39, 0.29) is 5.91 Å². The average molecular weight is 287 g/mol. The monoisotopic (exact) mass is 287 g/mol. The highest BCUT2D eigenvalue weighted by Crippen LogP contribution is 2.38. The van der Waals surface area contributed by atoms with Gasteiger partial charge in [-0.25, -0.2) is 4.98 Å². The van der Waals surface area contributed by atoms with Crippen molar-refractivity contribution in [3.05, 3.63) is 35.2 Å². The van der Waals surface area contributed by atoms with E-state index in [4.69, 9.17) is 0 Å².